The van der Waals surface area contributed by atoms with Gasteiger partial charge in [-0.05, 0) is 37.3 Å². The molecule has 0 amide bonds. The highest BCUT2D eigenvalue weighted by Gasteiger charge is 2.41. The van der Waals surface area contributed by atoms with Crippen LogP contribution in [-0.2, 0) is 14.6 Å². The molecule has 0 saturated carbocycles. The Morgan fingerprint density at radius 1 is 1.27 bits per heavy atom. The van der Waals surface area contributed by atoms with Gasteiger partial charge in [0, 0.05) is 23.7 Å². The molecule has 2 aromatic rings. The lowest BCUT2D eigenvalue weighted by Gasteiger charge is -2.36. The van der Waals surface area contributed by atoms with Gasteiger partial charge in [-0.15, -0.1) is 11.8 Å². The SMILES string of the molecule is CCC[C@]1(CC)CN(c2ccccc2)c2cc(SC)c(O/C=C(\F)C(=O)O)cc2S(=O)(=O)C1. The van der Waals surface area contributed by atoms with E-state index in [1.54, 1.807) is 12.3 Å². The van der Waals surface area contributed by atoms with Crippen molar-refractivity contribution in [2.45, 2.75) is 42.9 Å². The van der Waals surface area contributed by atoms with Gasteiger partial charge in [0.15, 0.2) is 9.84 Å². The molecule has 3 rings (SSSR count). The van der Waals surface area contributed by atoms with Crippen molar-refractivity contribution in [3.05, 3.63) is 54.6 Å². The summed E-state index contributed by atoms with van der Waals surface area (Å²) in [4.78, 5) is 13.5. The Kier molecular flexibility index (Phi) is 7.74. The number of carbonyl (C=O) groups is 1. The summed E-state index contributed by atoms with van der Waals surface area (Å²) in [7, 11) is -3.73. The van der Waals surface area contributed by atoms with Crippen LogP contribution in [0.2, 0.25) is 0 Å². The number of carboxylic acids is 1. The lowest BCUT2D eigenvalue weighted by atomic mass is 9.82. The van der Waals surface area contributed by atoms with E-state index in [0.717, 1.165) is 18.5 Å². The van der Waals surface area contributed by atoms with Crippen LogP contribution in [0.15, 0.2) is 64.3 Å². The van der Waals surface area contributed by atoms with Crippen molar-refractivity contribution in [1.29, 1.82) is 0 Å². The molecule has 2 aromatic carbocycles. The largest absolute Gasteiger partial charge is 0.476 e. The minimum Gasteiger partial charge on any atom is -0.476 e. The number of nitrogens with zero attached hydrogens (tertiary/aromatic N) is 1. The molecule has 33 heavy (non-hydrogen) atoms. The molecule has 9 heteroatoms. The highest BCUT2D eigenvalue weighted by Crippen LogP contribution is 2.47. The van der Waals surface area contributed by atoms with Crippen molar-refractivity contribution >= 4 is 38.9 Å². The van der Waals surface area contributed by atoms with Gasteiger partial charge in [0.25, 0.3) is 0 Å². The number of anilines is 2. The average Bonchev–Trinajstić information content (AvgIpc) is 2.89. The third kappa shape index (κ3) is 5.35. The van der Waals surface area contributed by atoms with Gasteiger partial charge in [-0.2, -0.15) is 4.39 Å². The Morgan fingerprint density at radius 3 is 2.55 bits per heavy atom. The van der Waals surface area contributed by atoms with Crippen molar-refractivity contribution in [3.8, 4) is 5.75 Å². The second kappa shape index (κ2) is 10.2. The van der Waals surface area contributed by atoms with E-state index in [2.05, 4.69) is 6.92 Å². The number of fused-ring (bicyclic) bond motifs is 1. The molecule has 0 unspecified atom stereocenters. The average molecular weight is 494 g/mol. The number of hydrogen-bond donors (Lipinski definition) is 1. The van der Waals surface area contributed by atoms with Crippen molar-refractivity contribution in [2.24, 2.45) is 5.41 Å². The Hall–Kier alpha value is -2.52. The predicted octanol–water partition coefficient (Wildman–Crippen LogP) is 5.80. The molecule has 0 radical (unpaired) electrons. The van der Waals surface area contributed by atoms with Gasteiger partial charge in [-0.1, -0.05) is 38.5 Å². The minimum atomic E-state index is -3.73. The van der Waals surface area contributed by atoms with Gasteiger partial charge in [-0.25, -0.2) is 13.2 Å². The summed E-state index contributed by atoms with van der Waals surface area (Å²) in [5.74, 6) is -3.16. The van der Waals surface area contributed by atoms with E-state index in [4.69, 9.17) is 9.84 Å². The van der Waals surface area contributed by atoms with Crippen molar-refractivity contribution < 1.29 is 27.4 Å². The zero-order chi connectivity index (χ0) is 24.2. The summed E-state index contributed by atoms with van der Waals surface area (Å²) in [5.41, 5.74) is 0.965. The van der Waals surface area contributed by atoms with E-state index in [1.807, 2.05) is 42.2 Å². The molecule has 0 fully saturated rings. The lowest BCUT2D eigenvalue weighted by molar-refractivity contribution is -0.134. The number of benzene rings is 2. The molecule has 0 aliphatic carbocycles. The highest BCUT2D eigenvalue weighted by molar-refractivity contribution is 7.98. The Morgan fingerprint density at radius 2 is 1.97 bits per heavy atom. The first-order chi connectivity index (χ1) is 15.7. The van der Waals surface area contributed by atoms with E-state index in [9.17, 15) is 17.6 Å². The molecule has 0 saturated heterocycles. The van der Waals surface area contributed by atoms with E-state index in [-0.39, 0.29) is 16.4 Å². The van der Waals surface area contributed by atoms with Crippen LogP contribution in [0.25, 0.3) is 0 Å². The van der Waals surface area contributed by atoms with E-state index < -0.39 is 27.0 Å². The van der Waals surface area contributed by atoms with Gasteiger partial charge >= 0.3 is 5.97 Å². The van der Waals surface area contributed by atoms with E-state index in [1.165, 1.54) is 17.8 Å². The summed E-state index contributed by atoms with van der Waals surface area (Å²) in [5, 5.41) is 8.76. The fourth-order valence-corrected chi connectivity index (χ4v) is 6.98. The normalized spacial score (nSPS) is 20.1. The van der Waals surface area contributed by atoms with Crippen molar-refractivity contribution in [3.63, 3.8) is 0 Å². The van der Waals surface area contributed by atoms with Crippen LogP contribution >= 0.6 is 11.8 Å². The molecule has 1 aliphatic rings. The molecule has 0 spiro atoms. The van der Waals surface area contributed by atoms with Gasteiger partial charge in [-0.3, -0.25) is 0 Å². The summed E-state index contributed by atoms with van der Waals surface area (Å²) >= 11 is 1.30. The van der Waals surface area contributed by atoms with Crippen LogP contribution in [0.3, 0.4) is 0 Å². The van der Waals surface area contributed by atoms with Crippen LogP contribution in [0, 0.1) is 5.41 Å². The molecular formula is C24H28FNO5S2. The smallest absolute Gasteiger partial charge is 0.368 e. The second-order valence-electron chi connectivity index (χ2n) is 8.14. The van der Waals surface area contributed by atoms with Crippen LogP contribution in [-0.4, -0.2) is 38.0 Å². The Bertz CT molecular complexity index is 1150. The second-order valence-corrected chi connectivity index (χ2v) is 10.9. The topological polar surface area (TPSA) is 83.9 Å². The molecule has 1 heterocycles. The lowest BCUT2D eigenvalue weighted by Crippen LogP contribution is -2.37. The van der Waals surface area contributed by atoms with Crippen molar-refractivity contribution in [1.82, 2.24) is 0 Å². The standard InChI is InChI=1S/C24H28FNO5S2/c1-4-11-24(5-2)15-26(17-9-7-6-8-10-17)19-12-21(32-3)20(31-14-18(25)23(27)28)13-22(19)33(29,30)16-24/h6-10,12-14H,4-5,11,15-16H2,1-3H3,(H,27,28)/b18-14-/t24-/m1/s1. The summed E-state index contributed by atoms with van der Waals surface area (Å²) in [6, 6.07) is 12.7. The minimum absolute atomic E-state index is 0.0158. The number of aliphatic carboxylic acids is 1. The number of halogens is 1. The van der Waals surface area contributed by atoms with Crippen LogP contribution in [0.4, 0.5) is 15.8 Å². The van der Waals surface area contributed by atoms with Gasteiger partial charge < -0.3 is 14.7 Å². The third-order valence-electron chi connectivity index (χ3n) is 5.95. The van der Waals surface area contributed by atoms with Crippen LogP contribution in [0.5, 0.6) is 5.75 Å². The fourth-order valence-electron chi connectivity index (χ4n) is 4.27. The number of para-hydroxylation sites is 1. The number of rotatable bonds is 8. The Balaban J connectivity index is 2.25. The predicted molar refractivity (Wildman–Crippen MR) is 129 cm³/mol. The number of hydrogen-bond acceptors (Lipinski definition) is 6. The maximum atomic E-state index is 13.6. The van der Waals surface area contributed by atoms with Gasteiger partial charge in [0.05, 0.1) is 21.2 Å². The fraction of sp³-hybridized carbons (Fsp3) is 0.375. The quantitative estimate of drug-likeness (QED) is 0.282. The molecule has 178 valence electrons. The van der Waals surface area contributed by atoms with Gasteiger partial charge in [0.1, 0.15) is 12.0 Å². The molecule has 0 bridgehead atoms. The van der Waals surface area contributed by atoms with E-state index in [0.29, 0.717) is 29.8 Å². The first-order valence-corrected chi connectivity index (χ1v) is 13.6. The maximum absolute atomic E-state index is 13.6. The molecule has 1 N–H and O–H groups in total. The van der Waals surface area contributed by atoms with E-state index >= 15 is 0 Å². The molecule has 1 atom stereocenters. The van der Waals surface area contributed by atoms with Gasteiger partial charge in [0.2, 0.25) is 5.83 Å². The summed E-state index contributed by atoms with van der Waals surface area (Å²) < 4.78 is 46.1. The zero-order valence-electron chi connectivity index (χ0n) is 18.9. The van der Waals surface area contributed by atoms with Crippen LogP contribution in [0.1, 0.15) is 33.1 Å². The number of thioether (sulfide) groups is 1. The summed E-state index contributed by atoms with van der Waals surface area (Å²) in [6.45, 7) is 4.61. The first-order valence-electron chi connectivity index (χ1n) is 10.7. The van der Waals surface area contributed by atoms with Crippen LogP contribution < -0.4 is 9.64 Å². The first kappa shape index (κ1) is 25.1. The number of carboxylic acid groups (broad SMARTS) is 1. The molecule has 0 aromatic heterocycles. The molecule has 1 aliphatic heterocycles. The Labute approximate surface area is 198 Å². The number of sulfone groups is 1. The maximum Gasteiger partial charge on any atom is 0.368 e. The highest BCUT2D eigenvalue weighted by atomic mass is 32.2. The zero-order valence-corrected chi connectivity index (χ0v) is 20.5. The van der Waals surface area contributed by atoms with Crippen molar-refractivity contribution in [2.75, 3.05) is 23.5 Å². The molecular weight excluding hydrogens is 465 g/mol. The number of ether oxygens (including phenoxy) is 1. The molecule has 6 nitrogen and oxygen atoms in total. The third-order valence-corrected chi connectivity index (χ3v) is 8.70. The monoisotopic (exact) mass is 493 g/mol. The summed E-state index contributed by atoms with van der Waals surface area (Å²) in [6.07, 6.45) is 4.58.